The van der Waals surface area contributed by atoms with Crippen LogP contribution in [0.4, 0.5) is 5.13 Å². The number of nitro groups is 1. The Kier molecular flexibility index (Phi) is 2.36. The van der Waals surface area contributed by atoms with Gasteiger partial charge in [-0.2, -0.15) is 0 Å². The van der Waals surface area contributed by atoms with Crippen LogP contribution in [0.15, 0.2) is 0 Å². The van der Waals surface area contributed by atoms with Gasteiger partial charge in [-0.05, 0) is 19.3 Å². The number of carbonyl (C=O) groups is 1. The van der Waals surface area contributed by atoms with E-state index >= 15 is 0 Å². The van der Waals surface area contributed by atoms with Crippen molar-refractivity contribution in [3.63, 3.8) is 0 Å². The fourth-order valence-corrected chi connectivity index (χ4v) is 3.19. The van der Waals surface area contributed by atoms with E-state index in [1.54, 1.807) is 0 Å². The van der Waals surface area contributed by atoms with Gasteiger partial charge < -0.3 is 5.32 Å². The van der Waals surface area contributed by atoms with Gasteiger partial charge in [-0.25, -0.2) is 4.98 Å². The molecule has 2 atom stereocenters. The lowest BCUT2D eigenvalue weighted by molar-refractivity contribution is -0.497. The van der Waals surface area contributed by atoms with E-state index in [0.29, 0.717) is 11.6 Å². The summed E-state index contributed by atoms with van der Waals surface area (Å²) in [5.74, 6) is -0.733. The molecule has 1 heterocycles. The van der Waals surface area contributed by atoms with Crippen molar-refractivity contribution in [3.05, 3.63) is 20.7 Å². The van der Waals surface area contributed by atoms with E-state index in [1.807, 2.05) is 0 Å². The number of amides is 1. The highest BCUT2D eigenvalue weighted by Gasteiger charge is 2.53. The van der Waals surface area contributed by atoms with Crippen LogP contribution in [-0.2, 0) is 17.6 Å². The number of thiazole rings is 1. The molecule has 0 saturated heterocycles. The van der Waals surface area contributed by atoms with E-state index in [-0.39, 0.29) is 10.8 Å². The molecule has 2 aliphatic rings. The minimum atomic E-state index is -0.693. The van der Waals surface area contributed by atoms with Crippen LogP contribution in [0.5, 0.6) is 0 Å². The second-order valence-corrected chi connectivity index (χ2v) is 5.51. The normalized spacial score (nSPS) is 25.4. The number of aryl methyl sites for hydroxylation is 2. The number of aromatic nitrogens is 1. The molecule has 0 radical (unpaired) electrons. The summed E-state index contributed by atoms with van der Waals surface area (Å²) in [6, 6.07) is -0.693. The highest BCUT2D eigenvalue weighted by molar-refractivity contribution is 7.15. The first kappa shape index (κ1) is 10.6. The molecule has 0 aromatic carbocycles. The molecule has 1 fully saturated rings. The third-order valence-corrected chi connectivity index (χ3v) is 4.26. The number of anilines is 1. The lowest BCUT2D eigenvalue weighted by atomic mass is 10.4. The van der Waals surface area contributed by atoms with Gasteiger partial charge >= 0.3 is 0 Å². The van der Waals surface area contributed by atoms with E-state index in [1.165, 1.54) is 16.2 Å². The first-order valence-corrected chi connectivity index (χ1v) is 6.40. The molecule has 7 heteroatoms. The minimum Gasteiger partial charge on any atom is -0.301 e. The maximum absolute atomic E-state index is 11.7. The van der Waals surface area contributed by atoms with E-state index in [9.17, 15) is 14.9 Å². The summed E-state index contributed by atoms with van der Waals surface area (Å²) in [5, 5.41) is 13.7. The fraction of sp³-hybridized carbons (Fsp3) is 0.600. The smallest absolute Gasteiger partial charge is 0.236 e. The second-order valence-electron chi connectivity index (χ2n) is 4.43. The van der Waals surface area contributed by atoms with Crippen molar-refractivity contribution in [2.75, 3.05) is 5.32 Å². The van der Waals surface area contributed by atoms with Crippen LogP contribution in [0.3, 0.4) is 0 Å². The van der Waals surface area contributed by atoms with Crippen LogP contribution in [0, 0.1) is 16.0 Å². The molecule has 1 N–H and O–H groups in total. The Bertz CT molecular complexity index is 477. The number of hydrogen-bond acceptors (Lipinski definition) is 5. The quantitative estimate of drug-likeness (QED) is 0.648. The van der Waals surface area contributed by atoms with Gasteiger partial charge in [0.1, 0.15) is 5.92 Å². The van der Waals surface area contributed by atoms with Gasteiger partial charge in [0, 0.05) is 16.2 Å². The van der Waals surface area contributed by atoms with Crippen molar-refractivity contribution >= 4 is 22.4 Å². The molecule has 1 saturated carbocycles. The third-order valence-electron chi connectivity index (χ3n) is 3.19. The SMILES string of the molecule is O=C(Nc1nc2c(s1)CCC2)[C@@H]1C[C@H]1[N+](=O)[O-]. The maximum Gasteiger partial charge on any atom is 0.236 e. The Morgan fingerprint density at radius 2 is 2.35 bits per heavy atom. The molecule has 0 unspecified atom stereocenters. The highest BCUT2D eigenvalue weighted by Crippen LogP contribution is 2.35. The van der Waals surface area contributed by atoms with Gasteiger partial charge in [0.25, 0.3) is 0 Å². The highest BCUT2D eigenvalue weighted by atomic mass is 32.1. The zero-order valence-corrected chi connectivity index (χ0v) is 9.83. The van der Waals surface area contributed by atoms with E-state index in [0.717, 1.165) is 25.0 Å². The number of carbonyl (C=O) groups excluding carboxylic acids is 1. The number of fused-ring (bicyclic) bond motifs is 1. The molecule has 0 spiro atoms. The monoisotopic (exact) mass is 253 g/mol. The summed E-state index contributed by atoms with van der Waals surface area (Å²) in [5.41, 5.74) is 1.08. The summed E-state index contributed by atoms with van der Waals surface area (Å²) >= 11 is 1.49. The molecular formula is C10H11N3O3S. The zero-order chi connectivity index (χ0) is 12.0. The van der Waals surface area contributed by atoms with Crippen molar-refractivity contribution in [2.45, 2.75) is 31.7 Å². The largest absolute Gasteiger partial charge is 0.301 e. The fourth-order valence-electron chi connectivity index (χ4n) is 2.14. The lowest BCUT2D eigenvalue weighted by Crippen LogP contribution is -2.18. The molecule has 17 heavy (non-hydrogen) atoms. The molecule has 1 aromatic rings. The van der Waals surface area contributed by atoms with Gasteiger partial charge in [0.2, 0.25) is 11.9 Å². The average molecular weight is 253 g/mol. The van der Waals surface area contributed by atoms with Gasteiger partial charge in [0.05, 0.1) is 5.69 Å². The number of rotatable bonds is 3. The average Bonchev–Trinajstić information content (AvgIpc) is 2.83. The Hall–Kier alpha value is -1.50. The van der Waals surface area contributed by atoms with E-state index in [4.69, 9.17) is 0 Å². The summed E-state index contributed by atoms with van der Waals surface area (Å²) in [6.45, 7) is 0. The first-order chi connectivity index (χ1) is 8.15. The molecule has 3 rings (SSSR count). The molecule has 1 aromatic heterocycles. The van der Waals surface area contributed by atoms with E-state index < -0.39 is 12.0 Å². The van der Waals surface area contributed by atoms with Crippen LogP contribution < -0.4 is 5.32 Å². The topological polar surface area (TPSA) is 85.1 Å². The van der Waals surface area contributed by atoms with Crippen molar-refractivity contribution in [1.29, 1.82) is 0 Å². The Morgan fingerprint density at radius 1 is 1.53 bits per heavy atom. The van der Waals surface area contributed by atoms with Crippen LogP contribution >= 0.6 is 11.3 Å². The Labute approximate surface area is 101 Å². The van der Waals surface area contributed by atoms with Crippen molar-refractivity contribution in [1.82, 2.24) is 4.98 Å². The molecule has 1 amide bonds. The third kappa shape index (κ3) is 1.90. The predicted octanol–water partition coefficient (Wildman–Crippen LogP) is 1.24. The predicted molar refractivity (Wildman–Crippen MR) is 61.7 cm³/mol. The van der Waals surface area contributed by atoms with Gasteiger partial charge in [-0.15, -0.1) is 11.3 Å². The van der Waals surface area contributed by atoms with Gasteiger partial charge in [-0.3, -0.25) is 14.9 Å². The van der Waals surface area contributed by atoms with Gasteiger partial charge in [-0.1, -0.05) is 0 Å². The summed E-state index contributed by atoms with van der Waals surface area (Å²) < 4.78 is 0. The zero-order valence-electron chi connectivity index (χ0n) is 9.01. The molecule has 90 valence electrons. The molecule has 6 nitrogen and oxygen atoms in total. The van der Waals surface area contributed by atoms with Crippen LogP contribution in [-0.4, -0.2) is 21.9 Å². The summed E-state index contributed by atoms with van der Waals surface area (Å²) in [4.78, 5) is 27.3. The first-order valence-electron chi connectivity index (χ1n) is 5.58. The summed E-state index contributed by atoms with van der Waals surface area (Å²) in [7, 11) is 0. The van der Waals surface area contributed by atoms with Gasteiger partial charge in [0.15, 0.2) is 5.13 Å². The Morgan fingerprint density at radius 3 is 3.00 bits per heavy atom. The molecule has 0 aliphatic heterocycles. The van der Waals surface area contributed by atoms with Crippen LogP contribution in [0.2, 0.25) is 0 Å². The van der Waals surface area contributed by atoms with Crippen molar-refractivity contribution < 1.29 is 9.72 Å². The van der Waals surface area contributed by atoms with E-state index in [2.05, 4.69) is 10.3 Å². The number of nitrogens with one attached hydrogen (secondary N) is 1. The maximum atomic E-state index is 11.7. The molecule has 0 bridgehead atoms. The number of nitrogens with zero attached hydrogens (tertiary/aromatic N) is 2. The lowest BCUT2D eigenvalue weighted by Gasteiger charge is -1.98. The number of hydrogen-bond donors (Lipinski definition) is 1. The van der Waals surface area contributed by atoms with Crippen molar-refractivity contribution in [3.8, 4) is 0 Å². The second kappa shape index (κ2) is 3.76. The molecular weight excluding hydrogens is 242 g/mol. The summed E-state index contributed by atoms with van der Waals surface area (Å²) in [6.07, 6.45) is 3.49. The standard InChI is InChI=1S/C10H11N3O3S/c14-9(5-4-7(5)13(15)16)12-10-11-6-2-1-3-8(6)17-10/h5,7H,1-4H2,(H,11,12,14)/t5-,7-/m1/s1. The minimum absolute atomic E-state index is 0.265. The van der Waals surface area contributed by atoms with Crippen LogP contribution in [0.1, 0.15) is 23.4 Å². The van der Waals surface area contributed by atoms with Crippen LogP contribution in [0.25, 0.3) is 0 Å². The molecule has 2 aliphatic carbocycles. The van der Waals surface area contributed by atoms with Crippen molar-refractivity contribution in [2.24, 2.45) is 5.92 Å². The Balaban J connectivity index is 1.63.